The zero-order chi connectivity index (χ0) is 13.8. The zero-order valence-electron chi connectivity index (χ0n) is 11.6. The summed E-state index contributed by atoms with van der Waals surface area (Å²) in [5, 5.41) is 11.2. The first kappa shape index (κ1) is 12.7. The topological polar surface area (TPSA) is 54.2 Å². The van der Waals surface area contributed by atoms with E-state index >= 15 is 0 Å². The summed E-state index contributed by atoms with van der Waals surface area (Å²) in [6.07, 6.45) is 4.45. The molecule has 1 fully saturated rings. The third-order valence-electron chi connectivity index (χ3n) is 3.24. The first-order chi connectivity index (χ1) is 9.85. The van der Waals surface area contributed by atoms with Crippen LogP contribution < -0.4 is 10.6 Å². The minimum Gasteiger partial charge on any atom is -0.354 e. The van der Waals surface area contributed by atoms with Crippen molar-refractivity contribution in [2.75, 3.05) is 7.05 Å². The molecular weight excluding hydrogens is 250 g/mol. The molecule has 2 aromatic rings. The van der Waals surface area contributed by atoms with Crippen molar-refractivity contribution in [2.45, 2.75) is 25.4 Å². The third kappa shape index (κ3) is 3.17. The van der Waals surface area contributed by atoms with E-state index in [1.807, 2.05) is 47.3 Å². The van der Waals surface area contributed by atoms with Crippen LogP contribution in [0.1, 0.15) is 18.5 Å². The van der Waals surface area contributed by atoms with E-state index in [0.29, 0.717) is 12.6 Å². The standard InChI is InChI=1S/C15H19N5/c1-16-15(18-12-7-8-12)17-11-13-9-10-20(19-13)14-5-3-2-4-6-14/h2-6,9-10,12H,7-8,11H2,1H3,(H2,16,17,18). The molecule has 1 aliphatic rings. The average molecular weight is 269 g/mol. The molecule has 5 heteroatoms. The maximum Gasteiger partial charge on any atom is 0.191 e. The van der Waals surface area contributed by atoms with Crippen LogP contribution >= 0.6 is 0 Å². The molecule has 104 valence electrons. The van der Waals surface area contributed by atoms with E-state index in [-0.39, 0.29) is 0 Å². The Morgan fingerprint density at radius 3 is 2.80 bits per heavy atom. The van der Waals surface area contributed by atoms with Crippen LogP contribution in [0.3, 0.4) is 0 Å². The van der Waals surface area contributed by atoms with Crippen LogP contribution in [-0.4, -0.2) is 28.8 Å². The highest BCUT2D eigenvalue weighted by molar-refractivity contribution is 5.80. The van der Waals surface area contributed by atoms with Crippen LogP contribution in [0.2, 0.25) is 0 Å². The molecule has 3 rings (SSSR count). The second-order valence-electron chi connectivity index (χ2n) is 4.93. The summed E-state index contributed by atoms with van der Waals surface area (Å²) in [6.45, 7) is 0.673. The van der Waals surface area contributed by atoms with Crippen molar-refractivity contribution in [3.8, 4) is 5.69 Å². The predicted molar refractivity (Wildman–Crippen MR) is 79.9 cm³/mol. The fourth-order valence-corrected chi connectivity index (χ4v) is 1.97. The molecule has 5 nitrogen and oxygen atoms in total. The lowest BCUT2D eigenvalue weighted by Gasteiger charge is -2.09. The van der Waals surface area contributed by atoms with Crippen LogP contribution in [0, 0.1) is 0 Å². The first-order valence-corrected chi connectivity index (χ1v) is 6.92. The summed E-state index contributed by atoms with van der Waals surface area (Å²) in [6, 6.07) is 12.7. The van der Waals surface area contributed by atoms with Crippen LogP contribution in [0.4, 0.5) is 0 Å². The second kappa shape index (κ2) is 5.77. The Balaban J connectivity index is 1.59. The molecule has 0 unspecified atom stereocenters. The van der Waals surface area contributed by atoms with Gasteiger partial charge >= 0.3 is 0 Å². The fraction of sp³-hybridized carbons (Fsp3) is 0.333. The molecule has 20 heavy (non-hydrogen) atoms. The average Bonchev–Trinajstić information content (AvgIpc) is 3.19. The lowest BCUT2D eigenvalue weighted by molar-refractivity contribution is 0.766. The number of rotatable bonds is 4. The van der Waals surface area contributed by atoms with Crippen molar-refractivity contribution in [3.63, 3.8) is 0 Å². The van der Waals surface area contributed by atoms with Gasteiger partial charge in [0.05, 0.1) is 17.9 Å². The van der Waals surface area contributed by atoms with Gasteiger partial charge in [0.15, 0.2) is 5.96 Å². The lowest BCUT2D eigenvalue weighted by Crippen LogP contribution is -2.38. The van der Waals surface area contributed by atoms with E-state index in [0.717, 1.165) is 17.3 Å². The van der Waals surface area contributed by atoms with Crippen molar-refractivity contribution in [3.05, 3.63) is 48.3 Å². The summed E-state index contributed by atoms with van der Waals surface area (Å²) in [4.78, 5) is 4.21. The van der Waals surface area contributed by atoms with Crippen LogP contribution in [0.25, 0.3) is 5.69 Å². The van der Waals surface area contributed by atoms with Crippen molar-refractivity contribution >= 4 is 5.96 Å². The van der Waals surface area contributed by atoms with E-state index < -0.39 is 0 Å². The third-order valence-corrected chi connectivity index (χ3v) is 3.24. The van der Waals surface area contributed by atoms with E-state index in [1.165, 1.54) is 12.8 Å². The molecule has 0 amide bonds. The van der Waals surface area contributed by atoms with E-state index in [4.69, 9.17) is 0 Å². The molecule has 0 radical (unpaired) electrons. The van der Waals surface area contributed by atoms with E-state index in [2.05, 4.69) is 20.7 Å². The van der Waals surface area contributed by atoms with Crippen molar-refractivity contribution < 1.29 is 0 Å². The van der Waals surface area contributed by atoms with Crippen molar-refractivity contribution in [1.82, 2.24) is 20.4 Å². The molecule has 0 saturated heterocycles. The Morgan fingerprint density at radius 1 is 1.30 bits per heavy atom. The first-order valence-electron chi connectivity index (χ1n) is 6.92. The summed E-state index contributed by atoms with van der Waals surface area (Å²) >= 11 is 0. The van der Waals surface area contributed by atoms with E-state index in [1.54, 1.807) is 7.05 Å². The summed E-state index contributed by atoms with van der Waals surface area (Å²) in [5.74, 6) is 0.849. The Hall–Kier alpha value is -2.30. The minimum absolute atomic E-state index is 0.600. The van der Waals surface area contributed by atoms with Gasteiger partial charge in [-0.3, -0.25) is 4.99 Å². The molecule has 1 saturated carbocycles. The molecule has 1 heterocycles. The Bertz CT molecular complexity index is 583. The van der Waals surface area contributed by atoms with Gasteiger partial charge in [-0.25, -0.2) is 4.68 Å². The van der Waals surface area contributed by atoms with Crippen molar-refractivity contribution in [2.24, 2.45) is 4.99 Å². The molecule has 1 aromatic carbocycles. The molecule has 1 aliphatic carbocycles. The number of benzene rings is 1. The maximum absolute atomic E-state index is 4.55. The molecule has 0 spiro atoms. The fourth-order valence-electron chi connectivity index (χ4n) is 1.97. The molecule has 1 aromatic heterocycles. The highest BCUT2D eigenvalue weighted by Gasteiger charge is 2.22. The monoisotopic (exact) mass is 269 g/mol. The number of nitrogens with zero attached hydrogens (tertiary/aromatic N) is 3. The second-order valence-corrected chi connectivity index (χ2v) is 4.93. The smallest absolute Gasteiger partial charge is 0.191 e. The number of nitrogens with one attached hydrogen (secondary N) is 2. The SMILES string of the molecule is CN=C(NCc1ccn(-c2ccccc2)n1)NC1CC1. The number of aromatic nitrogens is 2. The quantitative estimate of drug-likeness (QED) is 0.656. The van der Waals surface area contributed by atoms with Gasteiger partial charge in [0.2, 0.25) is 0 Å². The van der Waals surface area contributed by atoms with Gasteiger partial charge in [0.1, 0.15) is 0 Å². The highest BCUT2D eigenvalue weighted by Crippen LogP contribution is 2.18. The van der Waals surface area contributed by atoms with Gasteiger partial charge in [-0.05, 0) is 31.0 Å². The van der Waals surface area contributed by atoms with Gasteiger partial charge in [0, 0.05) is 19.3 Å². The predicted octanol–water partition coefficient (Wildman–Crippen LogP) is 1.70. The van der Waals surface area contributed by atoms with Gasteiger partial charge in [-0.2, -0.15) is 5.10 Å². The number of aliphatic imine (C=N–C) groups is 1. The number of hydrogen-bond donors (Lipinski definition) is 2. The number of para-hydroxylation sites is 1. The highest BCUT2D eigenvalue weighted by atomic mass is 15.3. The van der Waals surface area contributed by atoms with E-state index in [9.17, 15) is 0 Å². The van der Waals surface area contributed by atoms with Crippen LogP contribution in [0.15, 0.2) is 47.6 Å². The Kier molecular flexibility index (Phi) is 3.67. The summed E-state index contributed by atoms with van der Waals surface area (Å²) in [5.41, 5.74) is 2.06. The lowest BCUT2D eigenvalue weighted by atomic mass is 10.3. The molecule has 0 aliphatic heterocycles. The Morgan fingerprint density at radius 2 is 2.10 bits per heavy atom. The van der Waals surface area contributed by atoms with Gasteiger partial charge in [0.25, 0.3) is 0 Å². The van der Waals surface area contributed by atoms with Gasteiger partial charge in [-0.1, -0.05) is 18.2 Å². The van der Waals surface area contributed by atoms with Gasteiger partial charge < -0.3 is 10.6 Å². The Labute approximate surface area is 118 Å². The number of guanidine groups is 1. The minimum atomic E-state index is 0.600. The normalized spacial score (nSPS) is 15.2. The summed E-state index contributed by atoms with van der Waals surface area (Å²) in [7, 11) is 1.79. The van der Waals surface area contributed by atoms with Crippen LogP contribution in [0.5, 0.6) is 0 Å². The maximum atomic E-state index is 4.55. The van der Waals surface area contributed by atoms with Gasteiger partial charge in [-0.15, -0.1) is 0 Å². The largest absolute Gasteiger partial charge is 0.354 e. The van der Waals surface area contributed by atoms with Crippen LogP contribution in [-0.2, 0) is 6.54 Å². The zero-order valence-corrected chi connectivity index (χ0v) is 11.6. The number of hydrogen-bond acceptors (Lipinski definition) is 2. The molecule has 2 N–H and O–H groups in total. The summed E-state index contributed by atoms with van der Waals surface area (Å²) < 4.78 is 1.88. The molecule has 0 atom stereocenters. The molecular formula is C15H19N5. The molecule has 0 bridgehead atoms. The van der Waals surface area contributed by atoms with Crippen molar-refractivity contribution in [1.29, 1.82) is 0 Å².